The van der Waals surface area contributed by atoms with Crippen molar-refractivity contribution in [3.8, 4) is 0 Å². The van der Waals surface area contributed by atoms with E-state index in [4.69, 9.17) is 4.74 Å². The van der Waals surface area contributed by atoms with E-state index < -0.39 is 0 Å². The molecule has 2 heterocycles. The summed E-state index contributed by atoms with van der Waals surface area (Å²) in [4.78, 5) is 21.2. The van der Waals surface area contributed by atoms with Gasteiger partial charge in [0.25, 0.3) is 0 Å². The van der Waals surface area contributed by atoms with Crippen LogP contribution in [-0.4, -0.2) is 53.5 Å². The smallest absolute Gasteiger partial charge is 0.356 e. The standard InChI is InChI=1S/C26H28FN3O2/c1-2-32-26(31)24-10-6-9-23(28-24)19-29-15-17-30(18-16-29)25(20-7-4-3-5-8-20)21-11-13-22(27)14-12-21/h3-14,25H,2,15-19H2,1H3. The first kappa shape index (κ1) is 22.1. The Labute approximate surface area is 188 Å². The fourth-order valence-electron chi connectivity index (χ4n) is 4.19. The topological polar surface area (TPSA) is 45.7 Å². The Hall–Kier alpha value is -3.09. The molecule has 0 spiro atoms. The highest BCUT2D eigenvalue weighted by Crippen LogP contribution is 2.30. The highest BCUT2D eigenvalue weighted by molar-refractivity contribution is 5.87. The number of benzene rings is 2. The van der Waals surface area contributed by atoms with E-state index in [1.807, 2.05) is 42.5 Å². The van der Waals surface area contributed by atoms with Crippen LogP contribution in [0.25, 0.3) is 0 Å². The second-order valence-electron chi connectivity index (χ2n) is 7.91. The fraction of sp³-hybridized carbons (Fsp3) is 0.308. The van der Waals surface area contributed by atoms with Gasteiger partial charge < -0.3 is 4.74 Å². The summed E-state index contributed by atoms with van der Waals surface area (Å²) in [5, 5.41) is 0. The molecule has 2 aromatic carbocycles. The number of esters is 1. The Kier molecular flexibility index (Phi) is 7.24. The average Bonchev–Trinajstić information content (AvgIpc) is 2.83. The number of carbonyl (C=O) groups excluding carboxylic acids is 1. The zero-order valence-corrected chi connectivity index (χ0v) is 18.3. The molecule has 0 N–H and O–H groups in total. The monoisotopic (exact) mass is 433 g/mol. The first-order valence-corrected chi connectivity index (χ1v) is 11.0. The predicted octanol–water partition coefficient (Wildman–Crippen LogP) is 4.30. The molecule has 0 amide bonds. The van der Waals surface area contributed by atoms with Crippen LogP contribution in [0.15, 0.2) is 72.8 Å². The minimum absolute atomic E-state index is 0.0872. The van der Waals surface area contributed by atoms with Gasteiger partial charge in [-0.1, -0.05) is 48.5 Å². The number of rotatable bonds is 7. The minimum atomic E-state index is -0.385. The molecule has 3 aromatic rings. The second kappa shape index (κ2) is 10.5. The van der Waals surface area contributed by atoms with Gasteiger partial charge in [-0.25, -0.2) is 14.2 Å². The molecule has 1 unspecified atom stereocenters. The van der Waals surface area contributed by atoms with Gasteiger partial charge in [0.1, 0.15) is 11.5 Å². The van der Waals surface area contributed by atoms with Crippen LogP contribution in [0.1, 0.15) is 40.3 Å². The number of hydrogen-bond acceptors (Lipinski definition) is 5. The molecule has 0 saturated carbocycles. The third kappa shape index (κ3) is 5.39. The van der Waals surface area contributed by atoms with Gasteiger partial charge in [0.15, 0.2) is 0 Å². The van der Waals surface area contributed by atoms with Crippen LogP contribution in [0.2, 0.25) is 0 Å². The number of nitrogens with zero attached hydrogens (tertiary/aromatic N) is 3. The highest BCUT2D eigenvalue weighted by Gasteiger charge is 2.26. The van der Waals surface area contributed by atoms with Crippen molar-refractivity contribution in [1.29, 1.82) is 0 Å². The molecule has 1 atom stereocenters. The van der Waals surface area contributed by atoms with Gasteiger partial charge in [-0.3, -0.25) is 9.80 Å². The van der Waals surface area contributed by atoms with E-state index in [9.17, 15) is 9.18 Å². The van der Waals surface area contributed by atoms with Crippen molar-refractivity contribution in [2.75, 3.05) is 32.8 Å². The Morgan fingerprint density at radius 3 is 2.31 bits per heavy atom. The lowest BCUT2D eigenvalue weighted by atomic mass is 9.96. The summed E-state index contributed by atoms with van der Waals surface area (Å²) in [6.45, 7) is 6.35. The molecule has 6 heteroatoms. The molecule has 1 saturated heterocycles. The van der Waals surface area contributed by atoms with Gasteiger partial charge in [0.2, 0.25) is 0 Å². The van der Waals surface area contributed by atoms with Crippen molar-refractivity contribution in [1.82, 2.24) is 14.8 Å². The summed E-state index contributed by atoms with van der Waals surface area (Å²) in [7, 11) is 0. The minimum Gasteiger partial charge on any atom is -0.461 e. The molecule has 1 fully saturated rings. The first-order valence-electron chi connectivity index (χ1n) is 11.0. The molecule has 32 heavy (non-hydrogen) atoms. The number of piperazine rings is 1. The van der Waals surface area contributed by atoms with E-state index in [0.717, 1.165) is 37.4 Å². The van der Waals surface area contributed by atoms with Gasteiger partial charge >= 0.3 is 5.97 Å². The quantitative estimate of drug-likeness (QED) is 0.520. The average molecular weight is 434 g/mol. The number of ether oxygens (including phenoxy) is 1. The van der Waals surface area contributed by atoms with Crippen LogP contribution in [0, 0.1) is 5.82 Å². The largest absolute Gasteiger partial charge is 0.461 e. The molecule has 1 aliphatic heterocycles. The molecular formula is C26H28FN3O2. The van der Waals surface area contributed by atoms with Gasteiger partial charge in [-0.05, 0) is 42.3 Å². The normalized spacial score (nSPS) is 15.9. The van der Waals surface area contributed by atoms with E-state index in [1.54, 1.807) is 13.0 Å². The fourth-order valence-corrected chi connectivity index (χ4v) is 4.19. The lowest BCUT2D eigenvalue weighted by molar-refractivity contribution is 0.0518. The van der Waals surface area contributed by atoms with Crippen molar-refractivity contribution in [2.24, 2.45) is 0 Å². The van der Waals surface area contributed by atoms with Crippen LogP contribution in [0.5, 0.6) is 0 Å². The Morgan fingerprint density at radius 1 is 0.938 bits per heavy atom. The van der Waals surface area contributed by atoms with E-state index in [1.165, 1.54) is 17.7 Å². The van der Waals surface area contributed by atoms with Crippen LogP contribution in [0.4, 0.5) is 4.39 Å². The third-order valence-corrected chi connectivity index (χ3v) is 5.75. The van der Waals surface area contributed by atoms with E-state index in [2.05, 4.69) is 26.9 Å². The van der Waals surface area contributed by atoms with Crippen LogP contribution in [-0.2, 0) is 11.3 Å². The van der Waals surface area contributed by atoms with Gasteiger partial charge in [0, 0.05) is 32.7 Å². The Morgan fingerprint density at radius 2 is 1.62 bits per heavy atom. The van der Waals surface area contributed by atoms with Crippen molar-refractivity contribution >= 4 is 5.97 Å². The zero-order chi connectivity index (χ0) is 22.3. The maximum atomic E-state index is 13.5. The maximum absolute atomic E-state index is 13.5. The predicted molar refractivity (Wildman–Crippen MR) is 122 cm³/mol. The van der Waals surface area contributed by atoms with E-state index >= 15 is 0 Å². The number of pyridine rings is 1. The number of halogens is 1. The summed E-state index contributed by atoms with van der Waals surface area (Å²) >= 11 is 0. The molecule has 166 valence electrons. The summed E-state index contributed by atoms with van der Waals surface area (Å²) in [6.07, 6.45) is 0. The Bertz CT molecular complexity index is 1020. The van der Waals surface area contributed by atoms with E-state index in [-0.39, 0.29) is 17.8 Å². The van der Waals surface area contributed by atoms with Crippen molar-refractivity contribution in [2.45, 2.75) is 19.5 Å². The summed E-state index contributed by atoms with van der Waals surface area (Å²) in [5.41, 5.74) is 3.51. The SMILES string of the molecule is CCOC(=O)c1cccc(CN2CCN(C(c3ccccc3)c3ccc(F)cc3)CC2)n1. The lowest BCUT2D eigenvalue weighted by Crippen LogP contribution is -2.47. The van der Waals surface area contributed by atoms with Crippen molar-refractivity contribution < 1.29 is 13.9 Å². The summed E-state index contributed by atoms with van der Waals surface area (Å²) < 4.78 is 18.6. The zero-order valence-electron chi connectivity index (χ0n) is 18.3. The van der Waals surface area contributed by atoms with Gasteiger partial charge in [-0.2, -0.15) is 0 Å². The molecule has 0 radical (unpaired) electrons. The number of carbonyl (C=O) groups is 1. The second-order valence-corrected chi connectivity index (χ2v) is 7.91. The lowest BCUT2D eigenvalue weighted by Gasteiger charge is -2.39. The molecule has 5 nitrogen and oxygen atoms in total. The van der Waals surface area contributed by atoms with Crippen molar-refractivity contribution in [3.63, 3.8) is 0 Å². The molecule has 1 aromatic heterocycles. The number of aromatic nitrogens is 1. The highest BCUT2D eigenvalue weighted by atomic mass is 19.1. The first-order chi connectivity index (χ1) is 15.6. The number of hydrogen-bond donors (Lipinski definition) is 0. The van der Waals surface area contributed by atoms with E-state index in [0.29, 0.717) is 18.8 Å². The van der Waals surface area contributed by atoms with Crippen molar-refractivity contribution in [3.05, 3.63) is 101 Å². The molecule has 4 rings (SSSR count). The van der Waals surface area contributed by atoms with Crippen LogP contribution in [0.3, 0.4) is 0 Å². The Balaban J connectivity index is 1.44. The molecular weight excluding hydrogens is 405 g/mol. The molecule has 0 aliphatic carbocycles. The maximum Gasteiger partial charge on any atom is 0.356 e. The molecule has 1 aliphatic rings. The summed E-state index contributed by atoms with van der Waals surface area (Å²) in [5.74, 6) is -0.605. The van der Waals surface area contributed by atoms with Crippen LogP contribution >= 0.6 is 0 Å². The van der Waals surface area contributed by atoms with Gasteiger partial charge in [0.05, 0.1) is 18.3 Å². The third-order valence-electron chi connectivity index (χ3n) is 5.75. The molecule has 0 bridgehead atoms. The van der Waals surface area contributed by atoms with Crippen LogP contribution < -0.4 is 0 Å². The van der Waals surface area contributed by atoms with Gasteiger partial charge in [-0.15, -0.1) is 0 Å². The summed E-state index contributed by atoms with van der Waals surface area (Å²) in [6, 6.07) is 22.8.